The Morgan fingerprint density at radius 3 is 2.65 bits per heavy atom. The molecule has 3 aromatic rings. The van der Waals surface area contributed by atoms with Crippen LogP contribution in [0, 0.1) is 0 Å². The van der Waals surface area contributed by atoms with Crippen LogP contribution in [0.3, 0.4) is 0 Å². The molecule has 1 aromatic heterocycles. The number of alkyl halides is 3. The lowest BCUT2D eigenvalue weighted by molar-refractivity contribution is -0.146. The third kappa shape index (κ3) is 4.28. The van der Waals surface area contributed by atoms with Gasteiger partial charge in [-0.2, -0.15) is 13.2 Å². The number of carboxylic acids is 1. The van der Waals surface area contributed by atoms with E-state index in [0.717, 1.165) is 4.57 Å². The summed E-state index contributed by atoms with van der Waals surface area (Å²) in [5.74, 6) is -2.18. The molecule has 4 rings (SSSR count). The first-order valence-electron chi connectivity index (χ1n) is 10.1. The van der Waals surface area contributed by atoms with Gasteiger partial charge in [0, 0.05) is 11.1 Å². The summed E-state index contributed by atoms with van der Waals surface area (Å²) in [4.78, 5) is 11.6. The quantitative estimate of drug-likeness (QED) is 0.513. The van der Waals surface area contributed by atoms with Crippen LogP contribution in [-0.4, -0.2) is 39.6 Å². The monoisotopic (exact) mass is 497 g/mol. The Morgan fingerprint density at radius 2 is 2.00 bits per heavy atom. The average molecular weight is 498 g/mol. The first kappa shape index (κ1) is 23.8. The molecule has 1 aliphatic rings. The number of aromatic nitrogens is 3. The molecule has 0 unspecified atom stereocenters. The van der Waals surface area contributed by atoms with E-state index in [9.17, 15) is 23.1 Å². The van der Waals surface area contributed by atoms with Crippen LogP contribution in [0.5, 0.6) is 11.5 Å². The van der Waals surface area contributed by atoms with Gasteiger partial charge in [0.2, 0.25) is 5.82 Å². The zero-order valence-corrected chi connectivity index (χ0v) is 18.7. The van der Waals surface area contributed by atoms with Crippen molar-refractivity contribution >= 4 is 17.6 Å². The largest absolute Gasteiger partial charge is 0.495 e. The molecule has 0 saturated heterocycles. The van der Waals surface area contributed by atoms with Gasteiger partial charge in [-0.1, -0.05) is 23.7 Å². The van der Waals surface area contributed by atoms with E-state index in [1.54, 1.807) is 25.1 Å². The van der Waals surface area contributed by atoms with E-state index in [-0.39, 0.29) is 22.1 Å². The van der Waals surface area contributed by atoms with Crippen molar-refractivity contribution in [2.45, 2.75) is 31.7 Å². The normalized spacial score (nSPS) is 17.5. The topological polar surface area (TPSA) is 95.7 Å². The molecule has 0 spiro atoms. The highest BCUT2D eigenvalue weighted by Gasteiger charge is 2.43. The Hall–Kier alpha value is -3.31. The highest BCUT2D eigenvalue weighted by atomic mass is 35.5. The van der Waals surface area contributed by atoms with Crippen LogP contribution >= 0.6 is 11.6 Å². The predicted molar refractivity (Wildman–Crippen MR) is 113 cm³/mol. The maximum absolute atomic E-state index is 13.9. The van der Waals surface area contributed by atoms with Crippen molar-refractivity contribution < 1.29 is 37.3 Å². The number of hydrogen-bond donors (Lipinski definition) is 1. The number of hydrogen-bond acceptors (Lipinski definition) is 6. The van der Waals surface area contributed by atoms with Gasteiger partial charge in [0.1, 0.15) is 23.7 Å². The van der Waals surface area contributed by atoms with Crippen LogP contribution in [0.1, 0.15) is 48.3 Å². The van der Waals surface area contributed by atoms with Gasteiger partial charge in [0.05, 0.1) is 30.8 Å². The Labute approximate surface area is 196 Å². The second-order valence-electron chi connectivity index (χ2n) is 7.33. The van der Waals surface area contributed by atoms with Gasteiger partial charge in [-0.05, 0) is 31.2 Å². The van der Waals surface area contributed by atoms with Gasteiger partial charge in [0.15, 0.2) is 5.82 Å². The van der Waals surface area contributed by atoms with Crippen molar-refractivity contribution in [1.29, 1.82) is 0 Å². The summed E-state index contributed by atoms with van der Waals surface area (Å²) in [6, 6.07) is 9.36. The second-order valence-corrected chi connectivity index (χ2v) is 7.71. The van der Waals surface area contributed by atoms with Gasteiger partial charge < -0.3 is 19.3 Å². The lowest BCUT2D eigenvalue weighted by atomic mass is 9.98. The molecule has 0 amide bonds. The maximum atomic E-state index is 13.9. The number of benzene rings is 2. The van der Waals surface area contributed by atoms with Gasteiger partial charge in [-0.25, -0.2) is 0 Å². The summed E-state index contributed by atoms with van der Waals surface area (Å²) in [5.41, 5.74) is 0.701. The smallest absolute Gasteiger partial charge is 0.452 e. The number of fused-ring (bicyclic) bond motifs is 3. The van der Waals surface area contributed by atoms with Gasteiger partial charge >= 0.3 is 12.1 Å². The molecule has 0 radical (unpaired) electrons. The molecule has 12 heteroatoms. The van der Waals surface area contributed by atoms with Crippen molar-refractivity contribution in [1.82, 2.24) is 14.8 Å². The van der Waals surface area contributed by atoms with E-state index in [4.69, 9.17) is 25.8 Å². The molecule has 2 atom stereocenters. The minimum absolute atomic E-state index is 0.0625. The summed E-state index contributed by atoms with van der Waals surface area (Å²) in [6.45, 7) is 2.08. The lowest BCUT2D eigenvalue weighted by Crippen LogP contribution is -2.17. The van der Waals surface area contributed by atoms with Crippen molar-refractivity contribution in [2.24, 2.45) is 0 Å². The number of rotatable bonds is 6. The van der Waals surface area contributed by atoms with Crippen LogP contribution in [0.25, 0.3) is 5.69 Å². The second kappa shape index (κ2) is 9.15. The predicted octanol–water partition coefficient (Wildman–Crippen LogP) is 4.98. The fourth-order valence-corrected chi connectivity index (χ4v) is 4.16. The molecule has 0 saturated carbocycles. The molecule has 2 heterocycles. The molecule has 0 aliphatic carbocycles. The number of nitrogens with zero attached hydrogens (tertiary/aromatic N) is 3. The first-order valence-corrected chi connectivity index (χ1v) is 10.5. The molecule has 1 aliphatic heterocycles. The van der Waals surface area contributed by atoms with E-state index in [1.807, 2.05) is 0 Å². The van der Waals surface area contributed by atoms with Crippen LogP contribution < -0.4 is 9.47 Å². The third-order valence-electron chi connectivity index (χ3n) is 5.22. The van der Waals surface area contributed by atoms with Gasteiger partial charge in [-0.15, -0.1) is 10.2 Å². The van der Waals surface area contributed by atoms with E-state index in [1.165, 1.54) is 25.3 Å². The van der Waals surface area contributed by atoms with Crippen LogP contribution in [0.4, 0.5) is 13.2 Å². The Bertz CT molecular complexity index is 1230. The Balaban J connectivity index is 2.03. The first-order chi connectivity index (χ1) is 16.2. The van der Waals surface area contributed by atoms with Gasteiger partial charge in [-0.3, -0.25) is 9.36 Å². The summed E-state index contributed by atoms with van der Waals surface area (Å²) in [7, 11) is 1.42. The summed E-state index contributed by atoms with van der Waals surface area (Å²) >= 11 is 6.54. The van der Waals surface area contributed by atoms with Crippen LogP contribution in [0.2, 0.25) is 5.02 Å². The van der Waals surface area contributed by atoms with Crippen molar-refractivity contribution in [3.8, 4) is 17.2 Å². The highest BCUT2D eigenvalue weighted by molar-refractivity contribution is 6.32. The Morgan fingerprint density at radius 1 is 1.24 bits per heavy atom. The molecule has 1 N–H and O–H groups in total. The highest BCUT2D eigenvalue weighted by Crippen LogP contribution is 2.46. The van der Waals surface area contributed by atoms with E-state index in [2.05, 4.69) is 10.2 Å². The zero-order chi connectivity index (χ0) is 24.6. The maximum Gasteiger partial charge on any atom is 0.452 e. The third-order valence-corrected chi connectivity index (χ3v) is 5.62. The SMILES string of the molecule is CCOc1ccc2c(c1)[C@@H](c1cccc(OC)c1Cl)O[C@H](CC(=O)O)c1nnc(C(F)(F)F)n1-2. The molecular weight excluding hydrogens is 479 g/mol. The van der Waals surface area contributed by atoms with Gasteiger partial charge in [0.25, 0.3) is 0 Å². The minimum Gasteiger partial charge on any atom is -0.495 e. The van der Waals surface area contributed by atoms with E-state index >= 15 is 0 Å². The number of methoxy groups -OCH3 is 1. The van der Waals surface area contributed by atoms with Crippen molar-refractivity contribution in [3.05, 3.63) is 64.2 Å². The number of aliphatic carboxylic acids is 1. The molecule has 180 valence electrons. The number of halogens is 4. The molecule has 0 bridgehead atoms. The van der Waals surface area contributed by atoms with Crippen molar-refractivity contribution in [3.63, 3.8) is 0 Å². The fraction of sp³-hybridized carbons (Fsp3) is 0.318. The average Bonchev–Trinajstić information content (AvgIpc) is 3.18. The standard InChI is InChI=1S/C22H19ClF3N3O5/c1-3-33-11-7-8-14-13(9-11)19(12-5-4-6-15(32-2)18(12)23)34-16(10-17(30)31)20-27-28-21(29(14)20)22(24,25)26/h4-9,16,19H,3,10H2,1-2H3,(H,30,31)/t16-,19-/m1/s1. The van der Waals surface area contributed by atoms with E-state index in [0.29, 0.717) is 23.7 Å². The molecule has 8 nitrogen and oxygen atoms in total. The van der Waals surface area contributed by atoms with Crippen molar-refractivity contribution in [2.75, 3.05) is 13.7 Å². The molecule has 34 heavy (non-hydrogen) atoms. The number of carbonyl (C=O) groups is 1. The molecule has 2 aromatic carbocycles. The summed E-state index contributed by atoms with van der Waals surface area (Å²) in [5, 5.41) is 16.6. The Kier molecular flexibility index (Phi) is 6.41. The van der Waals surface area contributed by atoms with Crippen LogP contribution in [-0.2, 0) is 15.7 Å². The summed E-state index contributed by atoms with van der Waals surface area (Å²) < 4.78 is 59.4. The molecule has 0 fully saturated rings. The fourth-order valence-electron chi connectivity index (χ4n) is 3.85. The van der Waals surface area contributed by atoms with Crippen LogP contribution in [0.15, 0.2) is 36.4 Å². The lowest BCUT2D eigenvalue weighted by Gasteiger charge is -2.24. The minimum atomic E-state index is -4.86. The molecular formula is C22H19ClF3N3O5. The number of carboxylic acid groups (broad SMARTS) is 1. The zero-order valence-electron chi connectivity index (χ0n) is 18.0. The summed E-state index contributed by atoms with van der Waals surface area (Å²) in [6.07, 6.45) is -7.94. The van der Waals surface area contributed by atoms with E-state index < -0.39 is 36.6 Å². The number of ether oxygens (including phenoxy) is 3.